The largest absolute Gasteiger partial charge is 0.330 e. The highest BCUT2D eigenvalue weighted by Crippen LogP contribution is 2.35. The predicted molar refractivity (Wildman–Crippen MR) is 48.5 cm³/mol. The van der Waals surface area contributed by atoms with Gasteiger partial charge in [-0.1, -0.05) is 6.92 Å². The van der Waals surface area contributed by atoms with Crippen LogP contribution in [-0.2, 0) is 0 Å². The van der Waals surface area contributed by atoms with Gasteiger partial charge in [0.1, 0.15) is 0 Å². The molecule has 0 aromatic heterocycles. The fourth-order valence-corrected chi connectivity index (χ4v) is 2.16. The molecule has 2 unspecified atom stereocenters. The minimum atomic E-state index is 0.370. The molecule has 66 valence electrons. The lowest BCUT2D eigenvalue weighted by molar-refractivity contribution is 0.147. The van der Waals surface area contributed by atoms with Crippen LogP contribution in [0.5, 0.6) is 0 Å². The molecule has 2 nitrogen and oxygen atoms in total. The second kappa shape index (κ2) is 3.11. The van der Waals surface area contributed by atoms with E-state index in [1.54, 1.807) is 0 Å². The summed E-state index contributed by atoms with van der Waals surface area (Å²) < 4.78 is 0. The van der Waals surface area contributed by atoms with Gasteiger partial charge in [-0.3, -0.25) is 0 Å². The van der Waals surface area contributed by atoms with Crippen molar-refractivity contribution in [1.82, 2.24) is 4.90 Å². The van der Waals surface area contributed by atoms with E-state index in [1.807, 2.05) is 0 Å². The molecule has 0 bridgehead atoms. The lowest BCUT2D eigenvalue weighted by atomic mass is 9.84. The molecule has 2 N–H and O–H groups in total. The Balaban J connectivity index is 2.70. The summed E-state index contributed by atoms with van der Waals surface area (Å²) >= 11 is 0. The van der Waals surface area contributed by atoms with Crippen molar-refractivity contribution in [1.29, 1.82) is 0 Å². The highest BCUT2D eigenvalue weighted by atomic mass is 15.2. The third-order valence-corrected chi connectivity index (χ3v) is 3.56. The van der Waals surface area contributed by atoms with Crippen LogP contribution in [0.4, 0.5) is 0 Å². The van der Waals surface area contributed by atoms with Gasteiger partial charge in [-0.15, -0.1) is 0 Å². The molecule has 0 aromatic rings. The Morgan fingerprint density at radius 3 is 2.64 bits per heavy atom. The van der Waals surface area contributed by atoms with Gasteiger partial charge in [-0.25, -0.2) is 0 Å². The molecule has 1 heterocycles. The average Bonchev–Trinajstić information content (AvgIpc) is 2.30. The van der Waals surface area contributed by atoms with Crippen molar-refractivity contribution in [3.05, 3.63) is 0 Å². The Kier molecular flexibility index (Phi) is 2.55. The van der Waals surface area contributed by atoms with Crippen LogP contribution in [0.3, 0.4) is 0 Å². The van der Waals surface area contributed by atoms with Gasteiger partial charge in [0.2, 0.25) is 0 Å². The van der Waals surface area contributed by atoms with E-state index in [4.69, 9.17) is 5.73 Å². The van der Waals surface area contributed by atoms with Crippen molar-refractivity contribution >= 4 is 0 Å². The maximum atomic E-state index is 5.72. The molecule has 0 saturated carbocycles. The van der Waals surface area contributed by atoms with E-state index in [0.29, 0.717) is 11.5 Å². The van der Waals surface area contributed by atoms with Crippen molar-refractivity contribution in [2.45, 2.75) is 32.2 Å². The van der Waals surface area contributed by atoms with Gasteiger partial charge >= 0.3 is 0 Å². The first-order valence-corrected chi connectivity index (χ1v) is 4.56. The molecule has 0 aliphatic carbocycles. The van der Waals surface area contributed by atoms with Crippen LogP contribution >= 0.6 is 0 Å². The molecule has 1 saturated heterocycles. The molecule has 1 aliphatic heterocycles. The normalized spacial score (nSPS) is 39.8. The second-order valence-electron chi connectivity index (χ2n) is 3.85. The van der Waals surface area contributed by atoms with Gasteiger partial charge in [0.15, 0.2) is 0 Å². The molecular formula is C9H20N2. The summed E-state index contributed by atoms with van der Waals surface area (Å²) in [6, 6.07) is 0. The van der Waals surface area contributed by atoms with E-state index < -0.39 is 0 Å². The standard InChI is InChI=1S/C9H20N2/c1-4-9(2)8(7-10)5-6-11(9)3/h8H,4-7,10H2,1-3H3. The van der Waals surface area contributed by atoms with Gasteiger partial charge in [-0.2, -0.15) is 0 Å². The fraction of sp³-hybridized carbons (Fsp3) is 1.00. The summed E-state index contributed by atoms with van der Waals surface area (Å²) in [7, 11) is 2.21. The van der Waals surface area contributed by atoms with Crippen LogP contribution in [0, 0.1) is 5.92 Å². The zero-order chi connectivity index (χ0) is 8.48. The number of nitrogens with two attached hydrogens (primary N) is 1. The van der Waals surface area contributed by atoms with E-state index in [1.165, 1.54) is 19.4 Å². The molecule has 0 spiro atoms. The Labute approximate surface area is 69.8 Å². The molecule has 0 amide bonds. The number of hydrogen-bond donors (Lipinski definition) is 1. The highest BCUT2D eigenvalue weighted by molar-refractivity contribution is 4.96. The number of likely N-dealkylation sites (tertiary alicyclic amines) is 1. The lowest BCUT2D eigenvalue weighted by Gasteiger charge is -2.36. The van der Waals surface area contributed by atoms with Gasteiger partial charge in [0, 0.05) is 5.54 Å². The maximum absolute atomic E-state index is 5.72. The van der Waals surface area contributed by atoms with E-state index in [9.17, 15) is 0 Å². The van der Waals surface area contributed by atoms with Gasteiger partial charge in [-0.05, 0) is 45.8 Å². The monoisotopic (exact) mass is 156 g/mol. The second-order valence-corrected chi connectivity index (χ2v) is 3.85. The van der Waals surface area contributed by atoms with E-state index in [2.05, 4.69) is 25.8 Å². The molecule has 1 aliphatic rings. The highest BCUT2D eigenvalue weighted by Gasteiger charge is 2.40. The topological polar surface area (TPSA) is 29.3 Å². The maximum Gasteiger partial charge on any atom is 0.0216 e. The fourth-order valence-electron chi connectivity index (χ4n) is 2.16. The number of nitrogens with zero attached hydrogens (tertiary/aromatic N) is 1. The lowest BCUT2D eigenvalue weighted by Crippen LogP contribution is -2.44. The van der Waals surface area contributed by atoms with Crippen LogP contribution in [0.15, 0.2) is 0 Å². The SMILES string of the molecule is CCC1(C)C(CN)CCN1C. The quantitative estimate of drug-likeness (QED) is 0.648. The molecule has 2 heteroatoms. The van der Waals surface area contributed by atoms with Crippen LogP contribution < -0.4 is 5.73 Å². The van der Waals surface area contributed by atoms with E-state index in [-0.39, 0.29) is 0 Å². The first kappa shape index (κ1) is 9.01. The van der Waals surface area contributed by atoms with Gasteiger partial charge in [0.25, 0.3) is 0 Å². The van der Waals surface area contributed by atoms with Crippen molar-refractivity contribution in [2.24, 2.45) is 11.7 Å². The molecular weight excluding hydrogens is 136 g/mol. The van der Waals surface area contributed by atoms with Crippen LogP contribution in [0.2, 0.25) is 0 Å². The summed E-state index contributed by atoms with van der Waals surface area (Å²) in [4.78, 5) is 2.45. The van der Waals surface area contributed by atoms with Crippen LogP contribution in [-0.4, -0.2) is 30.6 Å². The molecule has 1 fully saturated rings. The molecule has 2 atom stereocenters. The van der Waals surface area contributed by atoms with E-state index in [0.717, 1.165) is 6.54 Å². The van der Waals surface area contributed by atoms with E-state index >= 15 is 0 Å². The Morgan fingerprint density at radius 1 is 1.64 bits per heavy atom. The molecule has 11 heavy (non-hydrogen) atoms. The smallest absolute Gasteiger partial charge is 0.0216 e. The van der Waals surface area contributed by atoms with Crippen molar-refractivity contribution in [3.8, 4) is 0 Å². The zero-order valence-corrected chi connectivity index (χ0v) is 7.93. The predicted octanol–water partition coefficient (Wildman–Crippen LogP) is 1.07. The Morgan fingerprint density at radius 2 is 2.27 bits per heavy atom. The summed E-state index contributed by atoms with van der Waals surface area (Å²) in [5.41, 5.74) is 6.09. The van der Waals surface area contributed by atoms with Crippen molar-refractivity contribution in [3.63, 3.8) is 0 Å². The third-order valence-electron chi connectivity index (χ3n) is 3.56. The third kappa shape index (κ3) is 1.30. The minimum Gasteiger partial charge on any atom is -0.330 e. The summed E-state index contributed by atoms with van der Waals surface area (Å²) in [5.74, 6) is 0.706. The number of hydrogen-bond acceptors (Lipinski definition) is 2. The number of rotatable bonds is 2. The Bertz CT molecular complexity index is 136. The van der Waals surface area contributed by atoms with Gasteiger partial charge < -0.3 is 10.6 Å². The summed E-state index contributed by atoms with van der Waals surface area (Å²) in [6.45, 7) is 6.64. The first-order valence-electron chi connectivity index (χ1n) is 4.56. The molecule has 0 aromatic carbocycles. The van der Waals surface area contributed by atoms with Crippen LogP contribution in [0.1, 0.15) is 26.7 Å². The zero-order valence-electron chi connectivity index (χ0n) is 7.93. The molecule has 1 rings (SSSR count). The summed E-state index contributed by atoms with van der Waals surface area (Å²) in [6.07, 6.45) is 2.49. The van der Waals surface area contributed by atoms with Crippen molar-refractivity contribution < 1.29 is 0 Å². The minimum absolute atomic E-state index is 0.370. The van der Waals surface area contributed by atoms with Gasteiger partial charge in [0.05, 0.1) is 0 Å². The molecule has 0 radical (unpaired) electrons. The van der Waals surface area contributed by atoms with Crippen LogP contribution in [0.25, 0.3) is 0 Å². The average molecular weight is 156 g/mol. The van der Waals surface area contributed by atoms with Crippen molar-refractivity contribution in [2.75, 3.05) is 20.1 Å². The summed E-state index contributed by atoms with van der Waals surface area (Å²) in [5, 5.41) is 0. The first-order chi connectivity index (χ1) is 5.15. The Hall–Kier alpha value is -0.0800.